The first-order chi connectivity index (χ1) is 12.2. The summed E-state index contributed by atoms with van der Waals surface area (Å²) in [5.74, 6) is 2.55. The van der Waals surface area contributed by atoms with Crippen LogP contribution in [0.15, 0.2) is 30.3 Å². The van der Waals surface area contributed by atoms with Crippen molar-refractivity contribution in [1.29, 1.82) is 0 Å². The first-order valence-corrected chi connectivity index (χ1v) is 10.1. The minimum Gasteiger partial charge on any atom is -0.496 e. The molecule has 0 fully saturated rings. The maximum Gasteiger partial charge on any atom is 0.136 e. The van der Waals surface area contributed by atoms with Crippen LogP contribution in [0.3, 0.4) is 0 Å². The Morgan fingerprint density at radius 1 is 1.04 bits per heavy atom. The van der Waals surface area contributed by atoms with Gasteiger partial charge in [-0.2, -0.15) is 0 Å². The Kier molecular flexibility index (Phi) is 7.85. The van der Waals surface area contributed by atoms with E-state index in [4.69, 9.17) is 21.7 Å². The summed E-state index contributed by atoms with van der Waals surface area (Å²) in [4.78, 5) is 2.30. The van der Waals surface area contributed by atoms with Crippen LogP contribution in [0, 0.1) is 0 Å². The van der Waals surface area contributed by atoms with Gasteiger partial charge < -0.3 is 14.4 Å². The van der Waals surface area contributed by atoms with E-state index < -0.39 is 0 Å². The van der Waals surface area contributed by atoms with Gasteiger partial charge in [-0.25, -0.2) is 0 Å². The summed E-state index contributed by atoms with van der Waals surface area (Å²) >= 11 is 7.36. The Morgan fingerprint density at radius 3 is 2.24 bits per heavy atom. The van der Waals surface area contributed by atoms with Gasteiger partial charge in [0.2, 0.25) is 0 Å². The van der Waals surface area contributed by atoms with Gasteiger partial charge in [0.25, 0.3) is 0 Å². The van der Waals surface area contributed by atoms with Crippen molar-refractivity contribution >= 4 is 39.1 Å². The molecule has 0 saturated heterocycles. The Balaban J connectivity index is 2.27. The van der Waals surface area contributed by atoms with E-state index in [1.165, 1.54) is 0 Å². The highest BCUT2D eigenvalue weighted by Gasteiger charge is 2.15. The molecule has 0 aliphatic carbocycles. The molecule has 0 bridgehead atoms. The maximum atomic E-state index is 5.72. The van der Waals surface area contributed by atoms with Crippen molar-refractivity contribution in [2.45, 2.75) is 32.4 Å². The molecule has 0 saturated carbocycles. The zero-order valence-corrected chi connectivity index (χ0v) is 17.1. The fraction of sp³-hybridized carbons (Fsp3) is 0.450. The van der Waals surface area contributed by atoms with E-state index in [0.717, 1.165) is 63.8 Å². The average Bonchev–Trinajstić information content (AvgIpc) is 2.64. The monoisotopic (exact) mass is 377 g/mol. The minimum atomic E-state index is 0.771. The van der Waals surface area contributed by atoms with Crippen molar-refractivity contribution in [3.8, 4) is 11.5 Å². The van der Waals surface area contributed by atoms with Gasteiger partial charge in [-0.05, 0) is 18.9 Å². The highest BCUT2D eigenvalue weighted by Crippen LogP contribution is 2.38. The fourth-order valence-electron chi connectivity index (χ4n) is 2.95. The zero-order chi connectivity index (χ0) is 18.2. The molecule has 25 heavy (non-hydrogen) atoms. The molecule has 0 atom stereocenters. The summed E-state index contributed by atoms with van der Waals surface area (Å²) in [6, 6.07) is 10.2. The number of hydrogen-bond acceptors (Lipinski definition) is 4. The third-order valence-electron chi connectivity index (χ3n) is 4.05. The summed E-state index contributed by atoms with van der Waals surface area (Å²) in [6.07, 6.45) is 2.21. The predicted octanol–water partition coefficient (Wildman–Crippen LogP) is 5.50. The lowest BCUT2D eigenvalue weighted by molar-refractivity contribution is 0.407. The molecule has 2 rings (SSSR count). The lowest BCUT2D eigenvalue weighted by atomic mass is 10.0. The summed E-state index contributed by atoms with van der Waals surface area (Å²) < 4.78 is 12.3. The normalized spacial score (nSPS) is 10.7. The van der Waals surface area contributed by atoms with Crippen molar-refractivity contribution in [3.05, 3.63) is 35.9 Å². The third-order valence-corrected chi connectivity index (χ3v) is 5.63. The molecule has 2 aromatic carbocycles. The highest BCUT2D eigenvalue weighted by atomic mass is 32.2. The molecule has 0 amide bonds. The zero-order valence-electron chi connectivity index (χ0n) is 15.5. The number of ether oxygens (including phenoxy) is 2. The van der Waals surface area contributed by atoms with E-state index in [1.807, 2.05) is 12.1 Å². The molecule has 0 aromatic heterocycles. The number of rotatable bonds is 8. The molecule has 0 radical (unpaired) electrons. The average molecular weight is 378 g/mol. The van der Waals surface area contributed by atoms with Gasteiger partial charge in [0, 0.05) is 35.2 Å². The minimum absolute atomic E-state index is 0.771. The molecule has 3 nitrogen and oxygen atoms in total. The van der Waals surface area contributed by atoms with E-state index >= 15 is 0 Å². The van der Waals surface area contributed by atoms with Crippen LogP contribution in [0.25, 0.3) is 10.8 Å². The number of thiocarbonyl (C=S) groups is 1. The van der Waals surface area contributed by atoms with Gasteiger partial charge >= 0.3 is 0 Å². The first-order valence-electron chi connectivity index (χ1n) is 8.70. The lowest BCUT2D eigenvalue weighted by Gasteiger charge is -2.24. The van der Waals surface area contributed by atoms with Gasteiger partial charge in [0.05, 0.1) is 14.2 Å². The van der Waals surface area contributed by atoms with Crippen LogP contribution in [0.1, 0.15) is 32.3 Å². The SMILES string of the molecule is CCCN(CCC)C(=S)SCc1cc(OC)c2ccccc2c1OC. The topological polar surface area (TPSA) is 21.7 Å². The van der Waals surface area contributed by atoms with E-state index in [0.29, 0.717) is 0 Å². The Bertz CT molecular complexity index is 712. The molecule has 0 unspecified atom stereocenters. The molecule has 2 aromatic rings. The van der Waals surface area contributed by atoms with Crippen LogP contribution >= 0.6 is 24.0 Å². The Hall–Kier alpha value is -1.46. The number of methoxy groups -OCH3 is 2. The number of hydrogen-bond donors (Lipinski definition) is 0. The van der Waals surface area contributed by atoms with Crippen molar-refractivity contribution in [2.24, 2.45) is 0 Å². The molecule has 5 heteroatoms. The van der Waals surface area contributed by atoms with Crippen molar-refractivity contribution < 1.29 is 9.47 Å². The summed E-state index contributed by atoms with van der Waals surface area (Å²) in [7, 11) is 3.43. The van der Waals surface area contributed by atoms with Gasteiger partial charge in [-0.15, -0.1) is 0 Å². The van der Waals surface area contributed by atoms with E-state index in [1.54, 1.807) is 26.0 Å². The van der Waals surface area contributed by atoms with Gasteiger partial charge in [-0.1, -0.05) is 62.1 Å². The number of nitrogens with zero attached hydrogens (tertiary/aromatic N) is 1. The first kappa shape index (κ1) is 19.9. The summed E-state index contributed by atoms with van der Waals surface area (Å²) in [5.41, 5.74) is 1.11. The molecule has 0 N–H and O–H groups in total. The van der Waals surface area contributed by atoms with Gasteiger partial charge in [0.1, 0.15) is 15.8 Å². The predicted molar refractivity (Wildman–Crippen MR) is 113 cm³/mol. The summed E-state index contributed by atoms with van der Waals surface area (Å²) in [5, 5.41) is 2.14. The Morgan fingerprint density at radius 2 is 1.68 bits per heavy atom. The smallest absolute Gasteiger partial charge is 0.136 e. The van der Waals surface area contributed by atoms with E-state index in [9.17, 15) is 0 Å². The quantitative estimate of drug-likeness (QED) is 0.565. The number of thioether (sulfide) groups is 1. The van der Waals surface area contributed by atoms with Crippen molar-refractivity contribution in [1.82, 2.24) is 4.90 Å². The van der Waals surface area contributed by atoms with Gasteiger partial charge in [-0.3, -0.25) is 0 Å². The van der Waals surface area contributed by atoms with E-state index in [2.05, 4.69) is 36.9 Å². The standard InChI is InChI=1S/C20H27NO2S2/c1-5-11-21(12-6-2)20(24)25-14-15-13-18(22-3)16-9-7-8-10-17(16)19(15)23-4/h7-10,13H,5-6,11-12,14H2,1-4H3. The van der Waals surface area contributed by atoms with Crippen LogP contribution in [-0.2, 0) is 5.75 Å². The molecule has 0 spiro atoms. The molecule has 0 heterocycles. The summed E-state index contributed by atoms with van der Waals surface area (Å²) in [6.45, 7) is 6.40. The van der Waals surface area contributed by atoms with E-state index in [-0.39, 0.29) is 0 Å². The fourth-order valence-corrected chi connectivity index (χ4v) is 4.17. The maximum absolute atomic E-state index is 5.72. The van der Waals surface area contributed by atoms with Crippen LogP contribution in [0.2, 0.25) is 0 Å². The van der Waals surface area contributed by atoms with Gasteiger partial charge in [0.15, 0.2) is 0 Å². The third kappa shape index (κ3) is 4.79. The van der Waals surface area contributed by atoms with Crippen LogP contribution in [0.4, 0.5) is 0 Å². The highest BCUT2D eigenvalue weighted by molar-refractivity contribution is 8.22. The number of benzene rings is 2. The molecule has 136 valence electrons. The molecular weight excluding hydrogens is 350 g/mol. The molecular formula is C20H27NO2S2. The van der Waals surface area contributed by atoms with Crippen LogP contribution in [0.5, 0.6) is 11.5 Å². The lowest BCUT2D eigenvalue weighted by Crippen LogP contribution is -2.29. The van der Waals surface area contributed by atoms with Crippen LogP contribution in [-0.4, -0.2) is 36.5 Å². The second-order valence-corrected chi connectivity index (χ2v) is 7.47. The van der Waals surface area contributed by atoms with Crippen molar-refractivity contribution in [3.63, 3.8) is 0 Å². The number of fused-ring (bicyclic) bond motifs is 1. The Labute approximate surface area is 160 Å². The molecule has 0 aliphatic heterocycles. The van der Waals surface area contributed by atoms with Crippen LogP contribution < -0.4 is 9.47 Å². The second-order valence-electron chi connectivity index (χ2n) is 5.86. The van der Waals surface area contributed by atoms with Crippen molar-refractivity contribution in [2.75, 3.05) is 27.3 Å². The molecule has 0 aliphatic rings. The second kappa shape index (κ2) is 9.88. The largest absolute Gasteiger partial charge is 0.496 e.